The number of hydrogen-bond donors (Lipinski definition) is 1. The van der Waals surface area contributed by atoms with Crippen LogP contribution in [-0.2, 0) is 6.42 Å². The van der Waals surface area contributed by atoms with Crippen molar-refractivity contribution in [3.8, 4) is 0 Å². The fraction of sp³-hybridized carbons (Fsp3) is 0.294. The van der Waals surface area contributed by atoms with E-state index in [0.717, 1.165) is 18.0 Å². The third-order valence-corrected chi connectivity index (χ3v) is 4.37. The minimum absolute atomic E-state index is 0.331. The molecule has 1 nitrogen and oxygen atoms in total. The molecule has 0 saturated heterocycles. The maximum atomic E-state index is 6.06. The van der Waals surface area contributed by atoms with Crippen molar-refractivity contribution in [1.82, 2.24) is 5.32 Å². The van der Waals surface area contributed by atoms with Gasteiger partial charge in [0.25, 0.3) is 0 Å². The zero-order valence-electron chi connectivity index (χ0n) is 11.8. The lowest BCUT2D eigenvalue weighted by atomic mass is 9.95. The number of aryl methyl sites for hydroxylation is 1. The molecule has 1 unspecified atom stereocenters. The third kappa shape index (κ3) is 4.21. The molecule has 0 amide bonds. The fourth-order valence-electron chi connectivity index (χ4n) is 2.42. The molecule has 0 aliphatic carbocycles. The molecule has 3 heteroatoms. The van der Waals surface area contributed by atoms with E-state index in [-0.39, 0.29) is 0 Å². The van der Waals surface area contributed by atoms with Crippen LogP contribution in [0.25, 0.3) is 0 Å². The predicted octanol–water partition coefficient (Wildman–Crippen LogP) is 5.15. The molecular weight excluding hydrogens is 381 g/mol. The van der Waals surface area contributed by atoms with Crippen LogP contribution in [-0.4, -0.2) is 6.54 Å². The van der Waals surface area contributed by atoms with E-state index in [1.807, 2.05) is 12.1 Å². The maximum absolute atomic E-state index is 6.06. The van der Waals surface area contributed by atoms with Crippen molar-refractivity contribution in [1.29, 1.82) is 0 Å². The van der Waals surface area contributed by atoms with Gasteiger partial charge in [0.2, 0.25) is 0 Å². The van der Waals surface area contributed by atoms with Crippen LogP contribution in [0.2, 0.25) is 5.02 Å². The molecule has 0 bridgehead atoms. The Morgan fingerprint density at radius 1 is 1.15 bits per heavy atom. The Bertz CT molecular complexity index is 566. The van der Waals surface area contributed by atoms with E-state index in [1.165, 1.54) is 20.3 Å². The predicted molar refractivity (Wildman–Crippen MR) is 95.5 cm³/mol. The van der Waals surface area contributed by atoms with Gasteiger partial charge >= 0.3 is 0 Å². The Kier molecular flexibility index (Phi) is 5.87. The van der Waals surface area contributed by atoms with Gasteiger partial charge in [-0.2, -0.15) is 0 Å². The Labute approximate surface area is 139 Å². The highest BCUT2D eigenvalue weighted by molar-refractivity contribution is 14.1. The number of nitrogens with one attached hydrogen (secondary N) is 1. The topological polar surface area (TPSA) is 12.0 Å². The van der Waals surface area contributed by atoms with Gasteiger partial charge in [-0.15, -0.1) is 0 Å². The lowest BCUT2D eigenvalue weighted by Crippen LogP contribution is -2.23. The van der Waals surface area contributed by atoms with Crippen LogP contribution < -0.4 is 5.32 Å². The molecule has 0 aliphatic heterocycles. The molecule has 20 heavy (non-hydrogen) atoms. The summed E-state index contributed by atoms with van der Waals surface area (Å²) in [7, 11) is 0. The van der Waals surface area contributed by atoms with Crippen molar-refractivity contribution >= 4 is 34.2 Å². The van der Waals surface area contributed by atoms with Crippen molar-refractivity contribution in [2.45, 2.75) is 26.3 Å². The lowest BCUT2D eigenvalue weighted by molar-refractivity contribution is 0.547. The van der Waals surface area contributed by atoms with Gasteiger partial charge in [0, 0.05) is 14.6 Å². The first-order chi connectivity index (χ1) is 9.60. The van der Waals surface area contributed by atoms with E-state index >= 15 is 0 Å². The summed E-state index contributed by atoms with van der Waals surface area (Å²) in [6.45, 7) is 5.22. The zero-order chi connectivity index (χ0) is 14.5. The minimum Gasteiger partial charge on any atom is -0.310 e. The second kappa shape index (κ2) is 7.43. The monoisotopic (exact) mass is 399 g/mol. The van der Waals surface area contributed by atoms with Crippen molar-refractivity contribution in [3.63, 3.8) is 0 Å². The molecule has 0 saturated carbocycles. The van der Waals surface area contributed by atoms with Gasteiger partial charge in [0.05, 0.1) is 0 Å². The molecule has 1 atom stereocenters. The summed E-state index contributed by atoms with van der Waals surface area (Å²) in [4.78, 5) is 0. The second-order valence-electron chi connectivity index (χ2n) is 4.94. The average molecular weight is 400 g/mol. The number of halogens is 2. The number of hydrogen-bond acceptors (Lipinski definition) is 1. The summed E-state index contributed by atoms with van der Waals surface area (Å²) in [5.41, 5.74) is 3.93. The van der Waals surface area contributed by atoms with Crippen LogP contribution in [0.3, 0.4) is 0 Å². The molecule has 1 N–H and O–H groups in total. The van der Waals surface area contributed by atoms with E-state index in [1.54, 1.807) is 0 Å². The fourth-order valence-corrected chi connectivity index (χ4v) is 3.01. The summed E-state index contributed by atoms with van der Waals surface area (Å²) < 4.78 is 1.27. The Hall–Kier alpha value is -0.580. The van der Waals surface area contributed by atoms with E-state index in [2.05, 4.69) is 72.1 Å². The normalized spacial score (nSPS) is 12.4. The Morgan fingerprint density at radius 2 is 1.85 bits per heavy atom. The maximum Gasteiger partial charge on any atom is 0.0408 e. The molecule has 2 aromatic rings. The highest BCUT2D eigenvalue weighted by Gasteiger charge is 2.13. The standard InChI is InChI=1S/C17H19ClIN/c1-3-20-17(11-13-4-7-15(19)8-5-13)16-9-6-14(18)10-12(16)2/h4-10,17,20H,3,11H2,1-2H3. The Balaban J connectivity index is 2.24. The third-order valence-electron chi connectivity index (χ3n) is 3.41. The molecule has 2 aromatic carbocycles. The van der Waals surface area contributed by atoms with Crippen LogP contribution in [0.5, 0.6) is 0 Å². The van der Waals surface area contributed by atoms with Gasteiger partial charge in [0.1, 0.15) is 0 Å². The quantitative estimate of drug-likeness (QED) is 0.686. The number of likely N-dealkylation sites (N-methyl/N-ethyl adjacent to an activating group) is 1. The zero-order valence-corrected chi connectivity index (χ0v) is 14.7. The summed E-state index contributed by atoms with van der Waals surface area (Å²) >= 11 is 8.39. The summed E-state index contributed by atoms with van der Waals surface area (Å²) in [5, 5.41) is 4.38. The second-order valence-corrected chi connectivity index (χ2v) is 6.62. The molecule has 106 valence electrons. The van der Waals surface area contributed by atoms with E-state index in [4.69, 9.17) is 11.6 Å². The van der Waals surface area contributed by atoms with Gasteiger partial charge < -0.3 is 5.32 Å². The van der Waals surface area contributed by atoms with Crippen molar-refractivity contribution < 1.29 is 0 Å². The lowest BCUT2D eigenvalue weighted by Gasteiger charge is -2.21. The average Bonchev–Trinajstić information content (AvgIpc) is 2.41. The SMILES string of the molecule is CCNC(Cc1ccc(I)cc1)c1ccc(Cl)cc1C. The van der Waals surface area contributed by atoms with Crippen molar-refractivity contribution in [3.05, 3.63) is 67.7 Å². The molecule has 2 rings (SSSR count). The van der Waals surface area contributed by atoms with Crippen molar-refractivity contribution in [2.24, 2.45) is 0 Å². The molecule has 0 aliphatic rings. The molecule has 0 fully saturated rings. The van der Waals surface area contributed by atoms with Gasteiger partial charge in [-0.25, -0.2) is 0 Å². The molecule has 0 spiro atoms. The largest absolute Gasteiger partial charge is 0.310 e. The summed E-state index contributed by atoms with van der Waals surface area (Å²) in [6, 6.07) is 15.2. The first kappa shape index (κ1) is 15.8. The van der Waals surface area contributed by atoms with Crippen LogP contribution >= 0.6 is 34.2 Å². The van der Waals surface area contributed by atoms with Gasteiger partial charge in [0.15, 0.2) is 0 Å². The molecular formula is C17H19ClIN. The molecule has 0 radical (unpaired) electrons. The van der Waals surface area contributed by atoms with Crippen LogP contribution in [0.1, 0.15) is 29.7 Å². The highest BCUT2D eigenvalue weighted by Crippen LogP contribution is 2.24. The summed E-state index contributed by atoms with van der Waals surface area (Å²) in [5.74, 6) is 0. The van der Waals surface area contributed by atoms with E-state index in [0.29, 0.717) is 6.04 Å². The minimum atomic E-state index is 0.331. The van der Waals surface area contributed by atoms with Crippen LogP contribution in [0.15, 0.2) is 42.5 Å². The van der Waals surface area contributed by atoms with E-state index in [9.17, 15) is 0 Å². The number of rotatable bonds is 5. The summed E-state index contributed by atoms with van der Waals surface area (Å²) in [6.07, 6.45) is 0.993. The first-order valence-electron chi connectivity index (χ1n) is 6.84. The molecule has 0 heterocycles. The van der Waals surface area contributed by atoms with Gasteiger partial charge in [-0.1, -0.05) is 36.7 Å². The number of benzene rings is 2. The van der Waals surface area contributed by atoms with Crippen LogP contribution in [0.4, 0.5) is 0 Å². The first-order valence-corrected chi connectivity index (χ1v) is 8.29. The van der Waals surface area contributed by atoms with Gasteiger partial charge in [-0.05, 0) is 83.4 Å². The van der Waals surface area contributed by atoms with E-state index < -0.39 is 0 Å². The smallest absolute Gasteiger partial charge is 0.0408 e. The van der Waals surface area contributed by atoms with Gasteiger partial charge in [-0.3, -0.25) is 0 Å². The highest BCUT2D eigenvalue weighted by atomic mass is 127. The van der Waals surface area contributed by atoms with Crippen LogP contribution in [0, 0.1) is 10.5 Å². The van der Waals surface area contributed by atoms with Crippen molar-refractivity contribution in [2.75, 3.05) is 6.54 Å². The Morgan fingerprint density at radius 3 is 2.45 bits per heavy atom. The molecule has 0 aromatic heterocycles.